The molecule has 2 aromatic rings. The van der Waals surface area contributed by atoms with Crippen molar-refractivity contribution in [3.8, 4) is 0 Å². The molecule has 0 bridgehead atoms. The van der Waals surface area contributed by atoms with E-state index in [-0.39, 0.29) is 29.4 Å². The Hall–Kier alpha value is -2.73. The summed E-state index contributed by atoms with van der Waals surface area (Å²) in [6.45, 7) is 15.9. The van der Waals surface area contributed by atoms with E-state index in [9.17, 15) is 13.2 Å². The SMILES string of the molecule is [C-]#[N+]c1cccc(S(=O)(=O)N2[C@H](C)CN(CC(=O)Nc3cccc(C)c3C)C[C@@H]2C)c1. The Kier molecular flexibility index (Phi) is 6.80. The van der Waals surface area contributed by atoms with E-state index in [0.29, 0.717) is 18.8 Å². The molecule has 1 saturated heterocycles. The molecular weight excluding hydrogens is 412 g/mol. The minimum atomic E-state index is -3.74. The first-order chi connectivity index (χ1) is 14.6. The van der Waals surface area contributed by atoms with Crippen molar-refractivity contribution >= 4 is 27.3 Å². The molecule has 164 valence electrons. The normalized spacial score (nSPS) is 20.2. The summed E-state index contributed by atoms with van der Waals surface area (Å²) < 4.78 is 28.0. The fraction of sp³-hybridized carbons (Fsp3) is 0.391. The second-order valence-corrected chi connectivity index (χ2v) is 9.98. The number of anilines is 1. The number of nitrogens with one attached hydrogen (secondary N) is 1. The summed E-state index contributed by atoms with van der Waals surface area (Å²) in [5.41, 5.74) is 3.24. The lowest BCUT2D eigenvalue weighted by molar-refractivity contribution is -0.118. The molecule has 2 atom stereocenters. The summed E-state index contributed by atoms with van der Waals surface area (Å²) in [5, 5.41) is 2.97. The summed E-state index contributed by atoms with van der Waals surface area (Å²) in [6.07, 6.45) is 0. The molecule has 0 spiro atoms. The van der Waals surface area contributed by atoms with Crippen LogP contribution in [0, 0.1) is 20.4 Å². The number of sulfonamides is 1. The van der Waals surface area contributed by atoms with Gasteiger partial charge in [0.2, 0.25) is 15.9 Å². The zero-order valence-corrected chi connectivity index (χ0v) is 19.1. The molecule has 0 saturated carbocycles. The van der Waals surface area contributed by atoms with Crippen molar-refractivity contribution in [2.45, 2.75) is 44.7 Å². The summed E-state index contributed by atoms with van der Waals surface area (Å²) in [4.78, 5) is 18.1. The van der Waals surface area contributed by atoms with Gasteiger partial charge in [-0.25, -0.2) is 13.3 Å². The zero-order chi connectivity index (χ0) is 22.8. The van der Waals surface area contributed by atoms with Gasteiger partial charge in [0.25, 0.3) is 0 Å². The molecule has 1 fully saturated rings. The van der Waals surface area contributed by atoms with E-state index in [4.69, 9.17) is 6.57 Å². The summed E-state index contributed by atoms with van der Waals surface area (Å²) in [6, 6.07) is 11.3. The second-order valence-electron chi connectivity index (χ2n) is 8.13. The molecule has 7 nitrogen and oxygen atoms in total. The van der Waals surface area contributed by atoms with E-state index in [1.165, 1.54) is 16.4 Å². The molecule has 1 aliphatic rings. The number of hydrogen-bond donors (Lipinski definition) is 1. The highest BCUT2D eigenvalue weighted by atomic mass is 32.2. The second kappa shape index (κ2) is 9.18. The lowest BCUT2D eigenvalue weighted by atomic mass is 10.1. The standard InChI is InChI=1S/C23H28N4O3S/c1-16-8-6-11-22(19(16)4)25-23(28)15-26-13-17(2)27(18(3)14-26)31(29,30)21-10-7-9-20(12-21)24-5/h6-12,17-18H,13-15H2,1-4H3,(H,25,28)/t17-,18+. The van der Waals surface area contributed by atoms with Gasteiger partial charge in [-0.1, -0.05) is 24.3 Å². The number of carbonyl (C=O) groups is 1. The molecule has 1 N–H and O–H groups in total. The van der Waals surface area contributed by atoms with Crippen molar-refractivity contribution in [3.05, 3.63) is 65.0 Å². The Morgan fingerprint density at radius 2 is 1.77 bits per heavy atom. The van der Waals surface area contributed by atoms with Crippen molar-refractivity contribution < 1.29 is 13.2 Å². The molecule has 0 aliphatic carbocycles. The molecule has 2 aromatic carbocycles. The topological polar surface area (TPSA) is 74.1 Å². The van der Waals surface area contributed by atoms with Gasteiger partial charge in [0.05, 0.1) is 18.0 Å². The third kappa shape index (κ3) is 4.96. The van der Waals surface area contributed by atoms with Gasteiger partial charge < -0.3 is 5.32 Å². The Morgan fingerprint density at radius 1 is 1.13 bits per heavy atom. The molecular formula is C23H28N4O3S. The molecule has 8 heteroatoms. The van der Waals surface area contributed by atoms with Crippen LogP contribution in [-0.4, -0.2) is 55.2 Å². The van der Waals surface area contributed by atoms with Gasteiger partial charge in [-0.15, -0.1) is 0 Å². The lowest BCUT2D eigenvalue weighted by Gasteiger charge is -2.43. The van der Waals surface area contributed by atoms with Crippen molar-refractivity contribution in [3.63, 3.8) is 0 Å². The zero-order valence-electron chi connectivity index (χ0n) is 18.3. The van der Waals surface area contributed by atoms with Crippen LogP contribution >= 0.6 is 0 Å². The number of nitrogens with zero attached hydrogens (tertiary/aromatic N) is 3. The third-order valence-electron chi connectivity index (χ3n) is 5.68. The van der Waals surface area contributed by atoms with Crippen molar-refractivity contribution in [2.75, 3.05) is 25.0 Å². The van der Waals surface area contributed by atoms with Crippen LogP contribution in [0.4, 0.5) is 11.4 Å². The fourth-order valence-corrected chi connectivity index (χ4v) is 5.98. The van der Waals surface area contributed by atoms with Crippen LogP contribution < -0.4 is 5.32 Å². The number of amides is 1. The van der Waals surface area contributed by atoms with Gasteiger partial charge in [-0.3, -0.25) is 9.69 Å². The number of piperazine rings is 1. The van der Waals surface area contributed by atoms with E-state index in [1.807, 2.05) is 50.8 Å². The van der Waals surface area contributed by atoms with E-state index >= 15 is 0 Å². The maximum Gasteiger partial charge on any atom is 0.242 e. The predicted octanol–water partition coefficient (Wildman–Crippen LogP) is 3.58. The van der Waals surface area contributed by atoms with Crippen molar-refractivity contribution in [1.29, 1.82) is 0 Å². The average Bonchev–Trinajstić information content (AvgIpc) is 2.70. The van der Waals surface area contributed by atoms with Gasteiger partial charge in [0, 0.05) is 30.9 Å². The fourth-order valence-electron chi connectivity index (χ4n) is 4.13. The van der Waals surface area contributed by atoms with Crippen LogP contribution in [0.3, 0.4) is 0 Å². The molecule has 1 aliphatic heterocycles. The first kappa shape index (κ1) is 22.9. The minimum absolute atomic E-state index is 0.117. The molecule has 0 unspecified atom stereocenters. The summed E-state index contributed by atoms with van der Waals surface area (Å²) in [7, 11) is -3.74. The first-order valence-electron chi connectivity index (χ1n) is 10.2. The Morgan fingerprint density at radius 3 is 2.42 bits per heavy atom. The van der Waals surface area contributed by atoms with E-state index in [1.54, 1.807) is 12.1 Å². The summed E-state index contributed by atoms with van der Waals surface area (Å²) >= 11 is 0. The predicted molar refractivity (Wildman–Crippen MR) is 122 cm³/mol. The number of benzene rings is 2. The van der Waals surface area contributed by atoms with Gasteiger partial charge in [0.15, 0.2) is 5.69 Å². The highest BCUT2D eigenvalue weighted by Gasteiger charge is 2.38. The Balaban J connectivity index is 1.70. The molecule has 0 radical (unpaired) electrons. The van der Waals surface area contributed by atoms with Crippen LogP contribution in [0.15, 0.2) is 47.4 Å². The molecule has 3 rings (SSSR count). The van der Waals surface area contributed by atoms with Crippen LogP contribution in [0.1, 0.15) is 25.0 Å². The van der Waals surface area contributed by atoms with E-state index in [0.717, 1.165) is 16.8 Å². The average molecular weight is 441 g/mol. The molecule has 1 amide bonds. The third-order valence-corrected chi connectivity index (χ3v) is 7.81. The minimum Gasteiger partial charge on any atom is -0.325 e. The first-order valence-corrected chi connectivity index (χ1v) is 11.7. The van der Waals surface area contributed by atoms with Gasteiger partial charge in [0.1, 0.15) is 0 Å². The van der Waals surface area contributed by atoms with Crippen LogP contribution in [0.5, 0.6) is 0 Å². The van der Waals surface area contributed by atoms with Crippen molar-refractivity contribution in [2.24, 2.45) is 0 Å². The monoisotopic (exact) mass is 440 g/mol. The molecule has 1 heterocycles. The Bertz CT molecular complexity index is 1110. The largest absolute Gasteiger partial charge is 0.325 e. The number of carbonyl (C=O) groups excluding carboxylic acids is 1. The smallest absolute Gasteiger partial charge is 0.242 e. The van der Waals surface area contributed by atoms with Crippen LogP contribution in [0.2, 0.25) is 0 Å². The quantitative estimate of drug-likeness (QED) is 0.722. The maximum atomic E-state index is 13.2. The van der Waals surface area contributed by atoms with E-state index in [2.05, 4.69) is 10.2 Å². The van der Waals surface area contributed by atoms with Gasteiger partial charge >= 0.3 is 0 Å². The van der Waals surface area contributed by atoms with E-state index < -0.39 is 10.0 Å². The highest BCUT2D eigenvalue weighted by molar-refractivity contribution is 7.89. The number of rotatable bonds is 5. The van der Waals surface area contributed by atoms with Crippen molar-refractivity contribution in [1.82, 2.24) is 9.21 Å². The van der Waals surface area contributed by atoms with Gasteiger partial charge in [-0.05, 0) is 57.0 Å². The summed E-state index contributed by atoms with van der Waals surface area (Å²) in [5.74, 6) is -0.117. The van der Waals surface area contributed by atoms with Crippen LogP contribution in [0.25, 0.3) is 4.85 Å². The highest BCUT2D eigenvalue weighted by Crippen LogP contribution is 2.27. The number of hydrogen-bond acceptors (Lipinski definition) is 4. The molecule has 0 aromatic heterocycles. The molecule has 31 heavy (non-hydrogen) atoms. The van der Waals surface area contributed by atoms with Gasteiger partial charge in [-0.2, -0.15) is 4.31 Å². The Labute approximate surface area is 184 Å². The maximum absolute atomic E-state index is 13.2. The lowest BCUT2D eigenvalue weighted by Crippen LogP contribution is -2.59. The number of aryl methyl sites for hydroxylation is 1. The van der Waals surface area contributed by atoms with Crippen LogP contribution in [-0.2, 0) is 14.8 Å².